The molecule has 17 heavy (non-hydrogen) atoms. The zero-order valence-corrected chi connectivity index (χ0v) is 10.4. The van der Waals surface area contributed by atoms with Gasteiger partial charge in [0, 0.05) is 6.20 Å². The molecule has 0 fully saturated rings. The van der Waals surface area contributed by atoms with Gasteiger partial charge in [0.15, 0.2) is 0 Å². The van der Waals surface area contributed by atoms with Crippen molar-refractivity contribution in [2.75, 3.05) is 0 Å². The Morgan fingerprint density at radius 2 is 2.06 bits per heavy atom. The molecular weight excluding hydrogens is 282 g/mol. The normalized spacial score (nSPS) is 9.88. The maximum atomic E-state index is 11.7. The zero-order valence-electron chi connectivity index (χ0n) is 8.80. The molecule has 2 rings (SSSR count). The Kier molecular flexibility index (Phi) is 3.35. The average Bonchev–Trinajstić information content (AvgIpc) is 2.36. The topological polar surface area (TPSA) is 58.7 Å². The molecule has 4 nitrogen and oxygen atoms in total. The standard InChI is InChI=1S/C12H8BrN3O/c13-11-6-15-8-16(12(11)17)7-10-3-1-9(5-14)2-4-10/h1-4,6,8H,7H2. The van der Waals surface area contributed by atoms with Crippen LogP contribution in [0.3, 0.4) is 0 Å². The summed E-state index contributed by atoms with van der Waals surface area (Å²) >= 11 is 3.14. The molecule has 0 spiro atoms. The highest BCUT2D eigenvalue weighted by molar-refractivity contribution is 9.10. The van der Waals surface area contributed by atoms with E-state index in [9.17, 15) is 4.79 Å². The Hall–Kier alpha value is -1.93. The summed E-state index contributed by atoms with van der Waals surface area (Å²) in [6, 6.07) is 9.16. The van der Waals surface area contributed by atoms with E-state index >= 15 is 0 Å². The van der Waals surface area contributed by atoms with E-state index < -0.39 is 0 Å². The van der Waals surface area contributed by atoms with Crippen LogP contribution in [0.5, 0.6) is 0 Å². The van der Waals surface area contributed by atoms with Gasteiger partial charge in [0.2, 0.25) is 0 Å². The molecule has 0 amide bonds. The van der Waals surface area contributed by atoms with Crippen molar-refractivity contribution in [3.8, 4) is 6.07 Å². The Labute approximate surface area is 106 Å². The molecule has 2 aromatic rings. The van der Waals surface area contributed by atoms with E-state index in [-0.39, 0.29) is 5.56 Å². The number of rotatable bonds is 2. The maximum absolute atomic E-state index is 11.7. The molecule has 84 valence electrons. The van der Waals surface area contributed by atoms with Gasteiger partial charge >= 0.3 is 0 Å². The minimum Gasteiger partial charge on any atom is -0.294 e. The second kappa shape index (κ2) is 4.93. The molecule has 0 radical (unpaired) electrons. The van der Waals surface area contributed by atoms with Gasteiger partial charge in [-0.05, 0) is 33.6 Å². The van der Waals surface area contributed by atoms with E-state index in [0.717, 1.165) is 5.56 Å². The third-order valence-electron chi connectivity index (χ3n) is 2.30. The van der Waals surface area contributed by atoms with Gasteiger partial charge in [0.25, 0.3) is 5.56 Å². The van der Waals surface area contributed by atoms with Gasteiger partial charge in [-0.2, -0.15) is 5.26 Å². The largest absolute Gasteiger partial charge is 0.294 e. The quantitative estimate of drug-likeness (QED) is 0.849. The predicted octanol–water partition coefficient (Wildman–Crippen LogP) is 1.93. The molecule has 1 aromatic carbocycles. The van der Waals surface area contributed by atoms with Crippen molar-refractivity contribution in [3.63, 3.8) is 0 Å². The maximum Gasteiger partial charge on any atom is 0.267 e. The molecule has 0 atom stereocenters. The van der Waals surface area contributed by atoms with E-state index in [2.05, 4.69) is 27.0 Å². The fraction of sp³-hybridized carbons (Fsp3) is 0.0833. The summed E-state index contributed by atoms with van der Waals surface area (Å²) in [5.41, 5.74) is 1.43. The predicted molar refractivity (Wildman–Crippen MR) is 66.5 cm³/mol. The summed E-state index contributed by atoms with van der Waals surface area (Å²) in [5, 5.41) is 8.68. The zero-order chi connectivity index (χ0) is 12.3. The van der Waals surface area contributed by atoms with Gasteiger partial charge in [0.05, 0.1) is 24.5 Å². The fourth-order valence-corrected chi connectivity index (χ4v) is 1.76. The number of hydrogen-bond donors (Lipinski definition) is 0. The highest BCUT2D eigenvalue weighted by Crippen LogP contribution is 2.05. The van der Waals surface area contributed by atoms with Crippen LogP contribution in [0.25, 0.3) is 0 Å². The van der Waals surface area contributed by atoms with Crippen molar-refractivity contribution in [2.45, 2.75) is 6.54 Å². The molecule has 0 unspecified atom stereocenters. The molecule has 1 heterocycles. The van der Waals surface area contributed by atoms with Gasteiger partial charge in [-0.25, -0.2) is 4.98 Å². The minimum atomic E-state index is -0.121. The van der Waals surface area contributed by atoms with E-state index in [1.807, 2.05) is 12.1 Å². The number of benzene rings is 1. The molecule has 0 N–H and O–H groups in total. The summed E-state index contributed by atoms with van der Waals surface area (Å²) < 4.78 is 1.94. The average molecular weight is 290 g/mol. The van der Waals surface area contributed by atoms with Crippen LogP contribution in [0.1, 0.15) is 11.1 Å². The summed E-state index contributed by atoms with van der Waals surface area (Å²) in [6.45, 7) is 0.441. The van der Waals surface area contributed by atoms with Crippen LogP contribution in [-0.2, 0) is 6.54 Å². The van der Waals surface area contributed by atoms with Gasteiger partial charge in [-0.1, -0.05) is 12.1 Å². The van der Waals surface area contributed by atoms with Crippen LogP contribution in [0.2, 0.25) is 0 Å². The Bertz CT molecular complexity index is 625. The van der Waals surface area contributed by atoms with Crippen molar-refractivity contribution in [1.82, 2.24) is 9.55 Å². The van der Waals surface area contributed by atoms with Gasteiger partial charge in [0.1, 0.15) is 4.47 Å². The lowest BCUT2D eigenvalue weighted by Crippen LogP contribution is -2.21. The van der Waals surface area contributed by atoms with Crippen molar-refractivity contribution in [1.29, 1.82) is 5.26 Å². The van der Waals surface area contributed by atoms with Crippen molar-refractivity contribution < 1.29 is 0 Å². The molecule has 5 heteroatoms. The van der Waals surface area contributed by atoms with Crippen molar-refractivity contribution in [3.05, 3.63) is 62.7 Å². The number of aromatic nitrogens is 2. The highest BCUT2D eigenvalue weighted by Gasteiger charge is 2.01. The molecule has 0 aliphatic rings. The third-order valence-corrected chi connectivity index (χ3v) is 2.84. The monoisotopic (exact) mass is 289 g/mol. The molecular formula is C12H8BrN3O. The molecule has 1 aromatic heterocycles. The van der Waals surface area contributed by atoms with E-state index in [1.54, 1.807) is 12.1 Å². The van der Waals surface area contributed by atoms with E-state index in [0.29, 0.717) is 16.6 Å². The first-order chi connectivity index (χ1) is 8.20. The summed E-state index contributed by atoms with van der Waals surface area (Å²) in [7, 11) is 0. The minimum absolute atomic E-state index is 0.121. The number of hydrogen-bond acceptors (Lipinski definition) is 3. The summed E-state index contributed by atoms with van der Waals surface area (Å²) in [6.07, 6.45) is 2.96. The van der Waals surface area contributed by atoms with Crippen LogP contribution in [0.4, 0.5) is 0 Å². The van der Waals surface area contributed by atoms with Crippen molar-refractivity contribution in [2.24, 2.45) is 0 Å². The smallest absolute Gasteiger partial charge is 0.267 e. The highest BCUT2D eigenvalue weighted by atomic mass is 79.9. The van der Waals surface area contributed by atoms with Gasteiger partial charge < -0.3 is 0 Å². The second-order valence-electron chi connectivity index (χ2n) is 3.48. The van der Waals surface area contributed by atoms with Crippen LogP contribution >= 0.6 is 15.9 Å². The molecule has 0 saturated heterocycles. The first-order valence-electron chi connectivity index (χ1n) is 4.89. The van der Waals surface area contributed by atoms with Gasteiger partial charge in [-0.3, -0.25) is 9.36 Å². The summed E-state index contributed by atoms with van der Waals surface area (Å²) in [4.78, 5) is 15.7. The van der Waals surface area contributed by atoms with E-state index in [4.69, 9.17) is 5.26 Å². The Morgan fingerprint density at radius 3 is 2.71 bits per heavy atom. The van der Waals surface area contributed by atoms with Crippen LogP contribution in [0, 0.1) is 11.3 Å². The fourth-order valence-electron chi connectivity index (χ4n) is 1.42. The number of halogens is 1. The number of nitriles is 1. The molecule has 0 saturated carbocycles. The molecule has 0 bridgehead atoms. The lowest BCUT2D eigenvalue weighted by atomic mass is 10.1. The van der Waals surface area contributed by atoms with Crippen LogP contribution in [-0.4, -0.2) is 9.55 Å². The van der Waals surface area contributed by atoms with Gasteiger partial charge in [-0.15, -0.1) is 0 Å². The van der Waals surface area contributed by atoms with E-state index in [1.165, 1.54) is 17.1 Å². The Morgan fingerprint density at radius 1 is 1.35 bits per heavy atom. The third kappa shape index (κ3) is 2.60. The lowest BCUT2D eigenvalue weighted by molar-refractivity contribution is 0.731. The SMILES string of the molecule is N#Cc1ccc(Cn2cncc(Br)c2=O)cc1. The first-order valence-corrected chi connectivity index (χ1v) is 5.69. The second-order valence-corrected chi connectivity index (χ2v) is 4.34. The lowest BCUT2D eigenvalue weighted by Gasteiger charge is -2.05. The molecule has 0 aliphatic carbocycles. The molecule has 0 aliphatic heterocycles. The van der Waals surface area contributed by atoms with Crippen LogP contribution in [0.15, 0.2) is 46.1 Å². The first kappa shape index (κ1) is 11.6. The summed E-state index contributed by atoms with van der Waals surface area (Å²) in [5.74, 6) is 0. The number of nitrogens with zero attached hydrogens (tertiary/aromatic N) is 3. The Balaban J connectivity index is 2.29. The van der Waals surface area contributed by atoms with Crippen LogP contribution < -0.4 is 5.56 Å². The van der Waals surface area contributed by atoms with Crippen molar-refractivity contribution >= 4 is 15.9 Å².